The van der Waals surface area contributed by atoms with Crippen molar-refractivity contribution in [1.29, 1.82) is 0 Å². The third-order valence-electron chi connectivity index (χ3n) is 4.28. The van der Waals surface area contributed by atoms with Gasteiger partial charge in [-0.3, -0.25) is 4.79 Å². The highest BCUT2D eigenvalue weighted by Gasteiger charge is 2.12. The maximum Gasteiger partial charge on any atom is 0.271 e. The molecule has 0 aliphatic rings. The van der Waals surface area contributed by atoms with Crippen molar-refractivity contribution in [2.45, 2.75) is 13.5 Å². The van der Waals surface area contributed by atoms with Gasteiger partial charge in [0.15, 0.2) is 11.5 Å². The van der Waals surface area contributed by atoms with Crippen LogP contribution in [0, 0.1) is 10.5 Å². The van der Waals surface area contributed by atoms with Crippen LogP contribution in [-0.4, -0.2) is 19.2 Å². The van der Waals surface area contributed by atoms with E-state index in [2.05, 4.69) is 33.1 Å². The van der Waals surface area contributed by atoms with Crippen LogP contribution in [0.4, 0.5) is 0 Å². The quantitative estimate of drug-likeness (QED) is 0.244. The van der Waals surface area contributed by atoms with E-state index in [4.69, 9.17) is 21.1 Å². The standard InChI is InChI=1S/C23H20ClIN2O3/c1-15-7-9-17(10-8-15)23(28)27-26-13-16-11-20(25)22(21(12-16)29-2)30-14-18-5-3-4-6-19(18)24/h3-13H,14H2,1-2H3,(H,27,28)/b26-13-. The largest absolute Gasteiger partial charge is 0.493 e. The van der Waals surface area contributed by atoms with E-state index in [0.29, 0.717) is 28.7 Å². The molecule has 30 heavy (non-hydrogen) atoms. The molecule has 0 fully saturated rings. The molecule has 0 unspecified atom stereocenters. The summed E-state index contributed by atoms with van der Waals surface area (Å²) in [6, 6.07) is 18.5. The van der Waals surface area contributed by atoms with Crippen LogP contribution in [0.15, 0.2) is 65.8 Å². The van der Waals surface area contributed by atoms with Crippen molar-refractivity contribution in [2.75, 3.05) is 7.11 Å². The lowest BCUT2D eigenvalue weighted by atomic mass is 10.1. The van der Waals surface area contributed by atoms with Crippen LogP contribution in [-0.2, 0) is 6.61 Å². The monoisotopic (exact) mass is 534 g/mol. The molecule has 0 saturated heterocycles. The predicted octanol–water partition coefficient (Wildman–Crippen LogP) is 5.60. The third-order valence-corrected chi connectivity index (χ3v) is 5.45. The van der Waals surface area contributed by atoms with E-state index in [0.717, 1.165) is 20.3 Å². The number of halogens is 2. The Morgan fingerprint density at radius 1 is 1.17 bits per heavy atom. The number of carbonyl (C=O) groups excluding carboxylic acids is 1. The lowest BCUT2D eigenvalue weighted by molar-refractivity contribution is 0.0955. The van der Waals surface area contributed by atoms with Crippen LogP contribution in [0.25, 0.3) is 0 Å². The molecule has 7 heteroatoms. The van der Waals surface area contributed by atoms with Gasteiger partial charge in [0.25, 0.3) is 5.91 Å². The Hall–Kier alpha value is -2.58. The summed E-state index contributed by atoms with van der Waals surface area (Å²) in [5, 5.41) is 4.70. The molecule has 0 bridgehead atoms. The Kier molecular flexibility index (Phi) is 7.70. The predicted molar refractivity (Wildman–Crippen MR) is 128 cm³/mol. The molecule has 0 heterocycles. The first-order chi connectivity index (χ1) is 14.5. The highest BCUT2D eigenvalue weighted by Crippen LogP contribution is 2.34. The number of rotatable bonds is 7. The van der Waals surface area contributed by atoms with Gasteiger partial charge >= 0.3 is 0 Å². The van der Waals surface area contributed by atoms with Crippen molar-refractivity contribution in [3.8, 4) is 11.5 Å². The number of aryl methyl sites for hydroxylation is 1. The van der Waals surface area contributed by atoms with Gasteiger partial charge in [-0.1, -0.05) is 47.5 Å². The van der Waals surface area contributed by atoms with Crippen molar-refractivity contribution in [3.05, 3.63) is 91.5 Å². The van der Waals surface area contributed by atoms with Gasteiger partial charge in [-0.05, 0) is 65.4 Å². The van der Waals surface area contributed by atoms with E-state index in [1.807, 2.05) is 49.4 Å². The minimum atomic E-state index is -0.271. The maximum absolute atomic E-state index is 12.2. The molecule has 0 aliphatic heterocycles. The van der Waals surface area contributed by atoms with Gasteiger partial charge < -0.3 is 9.47 Å². The Labute approximate surface area is 194 Å². The number of amides is 1. The third kappa shape index (κ3) is 5.73. The maximum atomic E-state index is 12.2. The second-order valence-corrected chi connectivity index (χ2v) is 8.05. The number of benzene rings is 3. The van der Waals surface area contributed by atoms with E-state index >= 15 is 0 Å². The zero-order chi connectivity index (χ0) is 21.5. The Morgan fingerprint density at radius 3 is 2.60 bits per heavy atom. The molecule has 1 N–H and O–H groups in total. The Morgan fingerprint density at radius 2 is 1.90 bits per heavy atom. The molecule has 154 valence electrons. The van der Waals surface area contributed by atoms with Gasteiger partial charge in [-0.25, -0.2) is 5.43 Å². The average Bonchev–Trinajstić information content (AvgIpc) is 2.74. The normalized spacial score (nSPS) is 10.8. The fraction of sp³-hybridized carbons (Fsp3) is 0.130. The number of methoxy groups -OCH3 is 1. The van der Waals surface area contributed by atoms with E-state index in [-0.39, 0.29) is 5.91 Å². The molecule has 0 spiro atoms. The second-order valence-electron chi connectivity index (χ2n) is 6.48. The van der Waals surface area contributed by atoms with Gasteiger partial charge in [0.05, 0.1) is 16.9 Å². The fourth-order valence-corrected chi connectivity index (χ4v) is 3.63. The summed E-state index contributed by atoms with van der Waals surface area (Å²) in [5.74, 6) is 0.923. The first-order valence-electron chi connectivity index (χ1n) is 9.11. The van der Waals surface area contributed by atoms with Crippen molar-refractivity contribution >= 4 is 46.3 Å². The molecule has 3 aromatic rings. The second kappa shape index (κ2) is 10.4. The summed E-state index contributed by atoms with van der Waals surface area (Å²) >= 11 is 8.38. The molecule has 5 nitrogen and oxygen atoms in total. The van der Waals surface area contributed by atoms with E-state index in [1.165, 1.54) is 0 Å². The topological polar surface area (TPSA) is 59.9 Å². The number of hydrogen-bond acceptors (Lipinski definition) is 4. The van der Waals surface area contributed by atoms with Gasteiger partial charge in [-0.2, -0.15) is 5.10 Å². The van der Waals surface area contributed by atoms with E-state index in [9.17, 15) is 4.79 Å². The van der Waals surface area contributed by atoms with Crippen molar-refractivity contribution in [3.63, 3.8) is 0 Å². The Bertz CT molecular complexity index is 1070. The summed E-state index contributed by atoms with van der Waals surface area (Å²) < 4.78 is 12.3. The molecule has 1 amide bonds. The number of nitrogens with one attached hydrogen (secondary N) is 1. The zero-order valence-electron chi connectivity index (χ0n) is 16.5. The number of hydrogen-bond donors (Lipinski definition) is 1. The van der Waals surface area contributed by atoms with Crippen molar-refractivity contribution in [2.24, 2.45) is 5.10 Å². The van der Waals surface area contributed by atoms with E-state index in [1.54, 1.807) is 31.5 Å². The van der Waals surface area contributed by atoms with Crippen molar-refractivity contribution < 1.29 is 14.3 Å². The van der Waals surface area contributed by atoms with Gasteiger partial charge in [0.1, 0.15) is 6.61 Å². The van der Waals surface area contributed by atoms with Crippen molar-refractivity contribution in [1.82, 2.24) is 5.43 Å². The van der Waals surface area contributed by atoms with Gasteiger partial charge in [0, 0.05) is 16.1 Å². The smallest absolute Gasteiger partial charge is 0.271 e. The van der Waals surface area contributed by atoms with Crippen LogP contribution in [0.1, 0.15) is 27.0 Å². The summed E-state index contributed by atoms with van der Waals surface area (Å²) in [7, 11) is 1.58. The van der Waals surface area contributed by atoms with Crippen LogP contribution >= 0.6 is 34.2 Å². The zero-order valence-corrected chi connectivity index (χ0v) is 19.4. The molecule has 3 aromatic carbocycles. The molecule has 0 atom stereocenters. The minimum absolute atomic E-state index is 0.271. The lowest BCUT2D eigenvalue weighted by Gasteiger charge is -2.14. The molecular weight excluding hydrogens is 515 g/mol. The van der Waals surface area contributed by atoms with Crippen LogP contribution in [0.2, 0.25) is 5.02 Å². The summed E-state index contributed by atoms with van der Waals surface area (Å²) in [5.41, 5.74) is 5.83. The average molecular weight is 535 g/mol. The first kappa shape index (κ1) is 22.1. The fourth-order valence-electron chi connectivity index (χ4n) is 2.65. The molecule has 3 rings (SSSR count). The number of carbonyl (C=O) groups is 1. The van der Waals surface area contributed by atoms with E-state index < -0.39 is 0 Å². The number of nitrogens with zero attached hydrogens (tertiary/aromatic N) is 1. The number of ether oxygens (including phenoxy) is 2. The molecule has 0 aliphatic carbocycles. The molecule has 0 saturated carbocycles. The minimum Gasteiger partial charge on any atom is -0.493 e. The van der Waals surface area contributed by atoms with Crippen LogP contribution in [0.5, 0.6) is 11.5 Å². The molecule has 0 radical (unpaired) electrons. The summed E-state index contributed by atoms with van der Waals surface area (Å²) in [4.78, 5) is 12.2. The highest BCUT2D eigenvalue weighted by molar-refractivity contribution is 14.1. The SMILES string of the molecule is COc1cc(/C=N\NC(=O)c2ccc(C)cc2)cc(I)c1OCc1ccccc1Cl. The number of hydrazone groups is 1. The Balaban J connectivity index is 1.70. The van der Waals surface area contributed by atoms with Gasteiger partial charge in [0.2, 0.25) is 0 Å². The lowest BCUT2D eigenvalue weighted by Crippen LogP contribution is -2.17. The van der Waals surface area contributed by atoms with Gasteiger partial charge in [-0.15, -0.1) is 0 Å². The summed E-state index contributed by atoms with van der Waals surface area (Å²) in [6.45, 7) is 2.29. The molecule has 0 aromatic heterocycles. The van der Waals surface area contributed by atoms with Crippen LogP contribution < -0.4 is 14.9 Å². The van der Waals surface area contributed by atoms with Crippen LogP contribution in [0.3, 0.4) is 0 Å². The molecular formula is C23H20ClIN2O3. The first-order valence-corrected chi connectivity index (χ1v) is 10.6. The summed E-state index contributed by atoms with van der Waals surface area (Å²) in [6.07, 6.45) is 1.56. The highest BCUT2D eigenvalue weighted by atomic mass is 127.